The number of nitrogens with one attached hydrogen (secondary N) is 1. The van der Waals surface area contributed by atoms with Crippen LogP contribution < -0.4 is 14.8 Å². The molecule has 0 aliphatic carbocycles. The maximum absolute atomic E-state index is 5.37. The van der Waals surface area contributed by atoms with Crippen molar-refractivity contribution in [1.29, 1.82) is 0 Å². The average molecular weight is 293 g/mol. The Kier molecular flexibility index (Phi) is 7.58. The van der Waals surface area contributed by atoms with E-state index < -0.39 is 0 Å². The van der Waals surface area contributed by atoms with Gasteiger partial charge in [0.05, 0.1) is 14.2 Å². The zero-order valence-electron chi connectivity index (χ0n) is 14.3. The molecule has 0 spiro atoms. The standard InChI is InChI=1S/C18H31NO2/c1-6-12-19-13-11-18(2,3)10-9-15-7-8-16(20-4)17(14-15)21-5/h7-8,14,19H,6,9-13H2,1-5H3. The molecule has 3 nitrogen and oxygen atoms in total. The summed E-state index contributed by atoms with van der Waals surface area (Å²) in [5.74, 6) is 1.61. The Hall–Kier alpha value is -1.22. The molecular formula is C18H31NO2. The number of hydrogen-bond acceptors (Lipinski definition) is 3. The molecule has 0 saturated heterocycles. The first-order valence-electron chi connectivity index (χ1n) is 7.94. The van der Waals surface area contributed by atoms with Gasteiger partial charge in [0.25, 0.3) is 0 Å². The van der Waals surface area contributed by atoms with Crippen molar-refractivity contribution in [2.45, 2.75) is 46.5 Å². The SMILES string of the molecule is CCCNCCC(C)(C)CCc1ccc(OC)c(OC)c1. The molecule has 0 atom stereocenters. The Morgan fingerprint density at radius 2 is 1.71 bits per heavy atom. The van der Waals surface area contributed by atoms with Crippen LogP contribution >= 0.6 is 0 Å². The monoisotopic (exact) mass is 293 g/mol. The summed E-state index contributed by atoms with van der Waals surface area (Å²) in [5.41, 5.74) is 1.66. The van der Waals surface area contributed by atoms with E-state index in [0.29, 0.717) is 5.41 Å². The predicted octanol–water partition coefficient (Wildman–Crippen LogP) is 4.05. The average Bonchev–Trinajstić information content (AvgIpc) is 2.49. The first-order chi connectivity index (χ1) is 10.0. The van der Waals surface area contributed by atoms with Crippen LogP contribution in [0.2, 0.25) is 0 Å². The minimum absolute atomic E-state index is 0.355. The molecule has 0 radical (unpaired) electrons. The van der Waals surface area contributed by atoms with Crippen molar-refractivity contribution in [3.8, 4) is 11.5 Å². The van der Waals surface area contributed by atoms with E-state index in [1.807, 2.05) is 6.07 Å². The normalized spacial score (nSPS) is 11.5. The predicted molar refractivity (Wildman–Crippen MR) is 89.4 cm³/mol. The van der Waals surface area contributed by atoms with E-state index in [2.05, 4.69) is 38.2 Å². The van der Waals surface area contributed by atoms with Gasteiger partial charge in [0.1, 0.15) is 0 Å². The van der Waals surface area contributed by atoms with Gasteiger partial charge < -0.3 is 14.8 Å². The van der Waals surface area contributed by atoms with Crippen molar-refractivity contribution in [2.24, 2.45) is 5.41 Å². The fourth-order valence-electron chi connectivity index (χ4n) is 2.37. The van der Waals surface area contributed by atoms with Gasteiger partial charge in [-0.05, 0) is 61.9 Å². The summed E-state index contributed by atoms with van der Waals surface area (Å²) in [7, 11) is 3.36. The number of benzene rings is 1. The number of methoxy groups -OCH3 is 2. The number of hydrogen-bond donors (Lipinski definition) is 1. The third kappa shape index (κ3) is 6.38. The van der Waals surface area contributed by atoms with E-state index in [4.69, 9.17) is 9.47 Å². The van der Waals surface area contributed by atoms with Crippen molar-refractivity contribution in [1.82, 2.24) is 5.32 Å². The number of aryl methyl sites for hydroxylation is 1. The molecule has 0 bridgehead atoms. The molecule has 1 N–H and O–H groups in total. The van der Waals surface area contributed by atoms with Crippen molar-refractivity contribution in [3.63, 3.8) is 0 Å². The molecule has 0 saturated carbocycles. The largest absolute Gasteiger partial charge is 0.493 e. The second kappa shape index (κ2) is 8.93. The van der Waals surface area contributed by atoms with Crippen LogP contribution in [0.15, 0.2) is 18.2 Å². The molecule has 1 aromatic carbocycles. The summed E-state index contributed by atoms with van der Waals surface area (Å²) in [6.45, 7) is 9.12. The summed E-state index contributed by atoms with van der Waals surface area (Å²) in [4.78, 5) is 0. The van der Waals surface area contributed by atoms with Crippen molar-refractivity contribution < 1.29 is 9.47 Å². The highest BCUT2D eigenvalue weighted by atomic mass is 16.5. The topological polar surface area (TPSA) is 30.5 Å². The first-order valence-corrected chi connectivity index (χ1v) is 7.94. The van der Waals surface area contributed by atoms with Gasteiger partial charge in [-0.2, -0.15) is 0 Å². The van der Waals surface area contributed by atoms with E-state index in [0.717, 1.165) is 31.0 Å². The quantitative estimate of drug-likeness (QED) is 0.660. The third-order valence-corrected chi connectivity index (χ3v) is 3.94. The highest BCUT2D eigenvalue weighted by molar-refractivity contribution is 5.42. The zero-order valence-corrected chi connectivity index (χ0v) is 14.3. The summed E-state index contributed by atoms with van der Waals surface area (Å²) in [6, 6.07) is 6.21. The second-order valence-electron chi connectivity index (χ2n) is 6.35. The van der Waals surface area contributed by atoms with Gasteiger partial charge in [-0.1, -0.05) is 26.8 Å². The fraction of sp³-hybridized carbons (Fsp3) is 0.667. The summed E-state index contributed by atoms with van der Waals surface area (Å²) >= 11 is 0. The lowest BCUT2D eigenvalue weighted by molar-refractivity contribution is 0.302. The van der Waals surface area contributed by atoms with E-state index in [1.165, 1.54) is 24.8 Å². The van der Waals surface area contributed by atoms with E-state index in [-0.39, 0.29) is 0 Å². The molecule has 0 unspecified atom stereocenters. The summed E-state index contributed by atoms with van der Waals surface area (Å²) in [6.07, 6.45) is 4.66. The van der Waals surface area contributed by atoms with Crippen molar-refractivity contribution in [3.05, 3.63) is 23.8 Å². The molecule has 0 aliphatic heterocycles. The minimum Gasteiger partial charge on any atom is -0.493 e. The molecule has 1 aromatic rings. The molecule has 0 heterocycles. The molecule has 1 rings (SSSR count). The number of ether oxygens (including phenoxy) is 2. The van der Waals surface area contributed by atoms with Crippen LogP contribution in [0, 0.1) is 5.41 Å². The lowest BCUT2D eigenvalue weighted by Crippen LogP contribution is -2.23. The maximum atomic E-state index is 5.37. The van der Waals surface area contributed by atoms with Crippen molar-refractivity contribution in [2.75, 3.05) is 27.3 Å². The smallest absolute Gasteiger partial charge is 0.160 e. The molecular weight excluding hydrogens is 262 g/mol. The molecule has 120 valence electrons. The van der Waals surface area contributed by atoms with Crippen LogP contribution in [-0.4, -0.2) is 27.3 Å². The Balaban J connectivity index is 2.49. The lowest BCUT2D eigenvalue weighted by Gasteiger charge is -2.25. The molecule has 0 aromatic heterocycles. The Morgan fingerprint density at radius 3 is 2.33 bits per heavy atom. The van der Waals surface area contributed by atoms with E-state index >= 15 is 0 Å². The summed E-state index contributed by atoms with van der Waals surface area (Å²) < 4.78 is 10.6. The van der Waals surface area contributed by atoms with Crippen LogP contribution in [0.5, 0.6) is 11.5 Å². The third-order valence-electron chi connectivity index (χ3n) is 3.94. The van der Waals surface area contributed by atoms with Gasteiger partial charge in [-0.3, -0.25) is 0 Å². The summed E-state index contributed by atoms with van der Waals surface area (Å²) in [5, 5.41) is 3.49. The minimum atomic E-state index is 0.355. The van der Waals surface area contributed by atoms with Gasteiger partial charge in [0.15, 0.2) is 11.5 Å². The van der Waals surface area contributed by atoms with E-state index in [9.17, 15) is 0 Å². The zero-order chi connectivity index (χ0) is 15.7. The molecule has 0 aliphatic rings. The van der Waals surface area contributed by atoms with Crippen LogP contribution in [0.1, 0.15) is 45.6 Å². The van der Waals surface area contributed by atoms with Gasteiger partial charge in [-0.25, -0.2) is 0 Å². The molecule has 21 heavy (non-hydrogen) atoms. The van der Waals surface area contributed by atoms with E-state index in [1.54, 1.807) is 14.2 Å². The Labute approximate surface area is 130 Å². The van der Waals surface area contributed by atoms with Crippen LogP contribution in [0.4, 0.5) is 0 Å². The highest BCUT2D eigenvalue weighted by Gasteiger charge is 2.17. The Bertz CT molecular complexity index is 416. The van der Waals surface area contributed by atoms with Crippen LogP contribution in [0.3, 0.4) is 0 Å². The van der Waals surface area contributed by atoms with Gasteiger partial charge >= 0.3 is 0 Å². The van der Waals surface area contributed by atoms with Gasteiger partial charge in [-0.15, -0.1) is 0 Å². The number of rotatable bonds is 10. The highest BCUT2D eigenvalue weighted by Crippen LogP contribution is 2.31. The Morgan fingerprint density at radius 1 is 1.00 bits per heavy atom. The second-order valence-corrected chi connectivity index (χ2v) is 6.35. The fourth-order valence-corrected chi connectivity index (χ4v) is 2.37. The molecule has 0 fully saturated rings. The van der Waals surface area contributed by atoms with Gasteiger partial charge in [0.2, 0.25) is 0 Å². The first kappa shape index (κ1) is 17.8. The molecule has 3 heteroatoms. The van der Waals surface area contributed by atoms with Crippen molar-refractivity contribution >= 4 is 0 Å². The van der Waals surface area contributed by atoms with Crippen LogP contribution in [0.25, 0.3) is 0 Å². The van der Waals surface area contributed by atoms with Crippen LogP contribution in [-0.2, 0) is 6.42 Å². The lowest BCUT2D eigenvalue weighted by atomic mass is 9.83. The molecule has 0 amide bonds. The maximum Gasteiger partial charge on any atom is 0.160 e. The van der Waals surface area contributed by atoms with Gasteiger partial charge in [0, 0.05) is 0 Å².